The van der Waals surface area contributed by atoms with E-state index in [1.807, 2.05) is 0 Å². The number of carbonyl (C=O) groups is 1. The van der Waals surface area contributed by atoms with Gasteiger partial charge >= 0.3 is 7.60 Å². The summed E-state index contributed by atoms with van der Waals surface area (Å²) in [6, 6.07) is 0. The van der Waals surface area contributed by atoms with Crippen LogP contribution in [0.15, 0.2) is 15.5 Å². The molecule has 0 fully saturated rings. The van der Waals surface area contributed by atoms with Crippen LogP contribution < -0.4 is 10.2 Å². The van der Waals surface area contributed by atoms with Crippen molar-refractivity contribution in [3.8, 4) is 5.75 Å². The molecule has 0 aromatic carbocycles. The summed E-state index contributed by atoms with van der Waals surface area (Å²) in [5, 5.41) is 0. The Labute approximate surface area is 184 Å². The predicted molar refractivity (Wildman–Crippen MR) is 115 cm³/mol. The summed E-state index contributed by atoms with van der Waals surface area (Å²) < 4.78 is 41.6. The number of nitrogens with zero attached hydrogens (tertiary/aromatic N) is 1. The number of methoxy groups -OCH3 is 2. The Kier molecular flexibility index (Phi) is 8.85. The number of hydrogen-bond acceptors (Lipinski definition) is 8. The minimum Gasteiger partial charge on any atom is -0.491 e. The Morgan fingerprint density at radius 1 is 1.23 bits per heavy atom. The number of Topliss-reactive ketones (excluding diaryl/α,β-unsaturated/α-hetero) is 1. The zero-order valence-electron chi connectivity index (χ0n) is 17.9. The van der Waals surface area contributed by atoms with Crippen molar-refractivity contribution in [3.63, 3.8) is 0 Å². The summed E-state index contributed by atoms with van der Waals surface area (Å²) in [4.78, 5) is 25.8. The molecule has 2 atom stereocenters. The molecule has 1 aliphatic rings. The van der Waals surface area contributed by atoms with Gasteiger partial charge in [-0.05, 0) is 36.7 Å². The molecular formula is C19H29BrNO8P. The van der Waals surface area contributed by atoms with E-state index in [-0.39, 0.29) is 49.8 Å². The molecule has 0 N–H and O–H groups in total. The predicted octanol–water partition coefficient (Wildman–Crippen LogP) is 3.12. The van der Waals surface area contributed by atoms with Crippen LogP contribution in [0.2, 0.25) is 0 Å². The Balaban J connectivity index is 2.23. The second-order valence-corrected chi connectivity index (χ2v) is 10.1. The van der Waals surface area contributed by atoms with Gasteiger partial charge in [0.25, 0.3) is 0 Å². The average Bonchev–Trinajstić information content (AvgIpc) is 2.70. The van der Waals surface area contributed by atoms with Gasteiger partial charge in [-0.15, -0.1) is 0 Å². The quantitative estimate of drug-likeness (QED) is 0.331. The Morgan fingerprint density at radius 3 is 2.40 bits per heavy atom. The third-order valence-electron chi connectivity index (χ3n) is 5.05. The lowest BCUT2D eigenvalue weighted by atomic mass is 9.76. The number of ketones is 1. The molecule has 11 heteroatoms. The van der Waals surface area contributed by atoms with E-state index in [9.17, 15) is 14.2 Å². The highest BCUT2D eigenvalue weighted by Gasteiger charge is 2.48. The van der Waals surface area contributed by atoms with Gasteiger partial charge in [-0.2, -0.15) is 0 Å². The molecule has 1 aromatic heterocycles. The van der Waals surface area contributed by atoms with E-state index < -0.39 is 24.5 Å². The SMILES string of the molecule is CCOP(=O)(CCOCC1(C)C(=O)c2c(OC)c(=O)c(Br)cn2CC1OC)OCC. The first kappa shape index (κ1) is 25.2. The first-order valence-corrected chi connectivity index (χ1v) is 12.2. The minimum absolute atomic E-state index is 0.00992. The van der Waals surface area contributed by atoms with E-state index in [4.69, 9.17) is 23.3 Å². The van der Waals surface area contributed by atoms with E-state index in [1.165, 1.54) is 14.2 Å². The number of carbonyl (C=O) groups excluding carboxylic acids is 1. The molecule has 0 amide bonds. The Morgan fingerprint density at radius 2 is 1.87 bits per heavy atom. The number of hydrogen-bond donors (Lipinski definition) is 0. The molecule has 0 spiro atoms. The second kappa shape index (κ2) is 10.5. The standard InChI is InChI=1S/C19H29BrNO8P/c1-6-28-30(24,29-7-2)9-8-27-12-19(3)14(25-4)11-21-10-13(20)16(22)17(26-5)15(21)18(19)23/h10,14H,6-9,11-12H2,1-5H3. The maximum atomic E-state index is 13.4. The average molecular weight is 510 g/mol. The highest BCUT2D eigenvalue weighted by molar-refractivity contribution is 9.10. The zero-order chi connectivity index (χ0) is 22.5. The number of aromatic nitrogens is 1. The van der Waals surface area contributed by atoms with E-state index in [0.29, 0.717) is 11.0 Å². The van der Waals surface area contributed by atoms with Gasteiger partial charge in [0.2, 0.25) is 5.43 Å². The van der Waals surface area contributed by atoms with Gasteiger partial charge in [-0.3, -0.25) is 14.2 Å². The summed E-state index contributed by atoms with van der Waals surface area (Å²) in [5.74, 6) is -0.341. The summed E-state index contributed by atoms with van der Waals surface area (Å²) in [7, 11) is -0.363. The first-order valence-electron chi connectivity index (χ1n) is 9.67. The van der Waals surface area contributed by atoms with Gasteiger partial charge in [0.05, 0.1) is 62.2 Å². The van der Waals surface area contributed by atoms with Gasteiger partial charge in [0.15, 0.2) is 11.5 Å². The molecule has 0 saturated carbocycles. The fourth-order valence-electron chi connectivity index (χ4n) is 3.48. The number of ether oxygens (including phenoxy) is 3. The highest BCUT2D eigenvalue weighted by Crippen LogP contribution is 2.47. The molecule has 1 aliphatic heterocycles. The molecule has 9 nitrogen and oxygen atoms in total. The first-order chi connectivity index (χ1) is 14.2. The lowest BCUT2D eigenvalue weighted by Crippen LogP contribution is -2.52. The fraction of sp³-hybridized carbons (Fsp3) is 0.684. The zero-order valence-corrected chi connectivity index (χ0v) is 20.4. The smallest absolute Gasteiger partial charge is 0.332 e. The molecule has 170 valence electrons. The van der Waals surface area contributed by atoms with Crippen LogP contribution in [0.1, 0.15) is 31.3 Å². The minimum atomic E-state index is -3.24. The molecule has 0 bridgehead atoms. The van der Waals surface area contributed by atoms with Crippen LogP contribution in [0.25, 0.3) is 0 Å². The van der Waals surface area contributed by atoms with Crippen molar-refractivity contribution in [2.45, 2.75) is 33.4 Å². The topological polar surface area (TPSA) is 102 Å². The van der Waals surface area contributed by atoms with Gasteiger partial charge < -0.3 is 27.8 Å². The van der Waals surface area contributed by atoms with E-state index >= 15 is 0 Å². The van der Waals surface area contributed by atoms with Crippen molar-refractivity contribution in [1.82, 2.24) is 4.57 Å². The molecule has 30 heavy (non-hydrogen) atoms. The number of halogens is 1. The van der Waals surface area contributed by atoms with Crippen molar-refractivity contribution >= 4 is 29.3 Å². The third kappa shape index (κ3) is 5.06. The second-order valence-electron chi connectivity index (χ2n) is 7.03. The van der Waals surface area contributed by atoms with Crippen LogP contribution in [0.4, 0.5) is 0 Å². The maximum absolute atomic E-state index is 13.4. The molecule has 2 heterocycles. The monoisotopic (exact) mass is 509 g/mol. The molecule has 2 rings (SSSR count). The van der Waals surface area contributed by atoms with Gasteiger partial charge in [0.1, 0.15) is 5.69 Å². The van der Waals surface area contributed by atoms with Crippen LogP contribution >= 0.6 is 23.5 Å². The van der Waals surface area contributed by atoms with Crippen molar-refractivity contribution < 1.29 is 32.6 Å². The van der Waals surface area contributed by atoms with Crippen LogP contribution in [0.3, 0.4) is 0 Å². The van der Waals surface area contributed by atoms with Crippen molar-refractivity contribution in [3.05, 3.63) is 26.6 Å². The Hall–Kier alpha value is -1.03. The lowest BCUT2D eigenvalue weighted by Gasteiger charge is -2.40. The van der Waals surface area contributed by atoms with Gasteiger partial charge in [0, 0.05) is 13.3 Å². The van der Waals surface area contributed by atoms with Crippen molar-refractivity contribution in [1.29, 1.82) is 0 Å². The van der Waals surface area contributed by atoms with Crippen LogP contribution in [-0.2, 0) is 29.6 Å². The molecule has 0 saturated heterocycles. The lowest BCUT2D eigenvalue weighted by molar-refractivity contribution is -0.0516. The number of fused-ring (bicyclic) bond motifs is 1. The van der Waals surface area contributed by atoms with Crippen molar-refractivity contribution in [2.75, 3.05) is 46.8 Å². The van der Waals surface area contributed by atoms with Crippen LogP contribution in [0.5, 0.6) is 5.75 Å². The van der Waals surface area contributed by atoms with Crippen molar-refractivity contribution in [2.24, 2.45) is 5.41 Å². The Bertz CT molecular complexity index is 863. The van der Waals surface area contributed by atoms with Crippen LogP contribution in [-0.4, -0.2) is 63.3 Å². The number of rotatable bonds is 11. The normalized spacial score (nSPS) is 21.5. The van der Waals surface area contributed by atoms with E-state index in [2.05, 4.69) is 15.9 Å². The summed E-state index contributed by atoms with van der Waals surface area (Å²) >= 11 is 3.21. The number of pyridine rings is 1. The summed E-state index contributed by atoms with van der Waals surface area (Å²) in [6.45, 7) is 6.16. The molecule has 1 aromatic rings. The van der Waals surface area contributed by atoms with Gasteiger partial charge in [-0.1, -0.05) is 0 Å². The molecule has 0 aliphatic carbocycles. The summed E-state index contributed by atoms with van der Waals surface area (Å²) in [5.41, 5.74) is -1.28. The maximum Gasteiger partial charge on any atom is 0.332 e. The third-order valence-corrected chi connectivity index (χ3v) is 7.65. The largest absolute Gasteiger partial charge is 0.491 e. The van der Waals surface area contributed by atoms with Crippen LogP contribution in [0, 0.1) is 5.41 Å². The highest BCUT2D eigenvalue weighted by atomic mass is 79.9. The molecule has 0 radical (unpaired) electrons. The fourth-order valence-corrected chi connectivity index (χ4v) is 5.38. The molecular weight excluding hydrogens is 481 g/mol. The molecule has 2 unspecified atom stereocenters. The van der Waals surface area contributed by atoms with E-state index in [1.54, 1.807) is 31.5 Å². The van der Waals surface area contributed by atoms with Gasteiger partial charge in [-0.25, -0.2) is 0 Å². The summed E-state index contributed by atoms with van der Waals surface area (Å²) in [6.07, 6.45) is 1.13. The van der Waals surface area contributed by atoms with E-state index in [0.717, 1.165) is 0 Å².